The minimum Gasteiger partial charge on any atom is -0.325 e. The minimum absolute atomic E-state index is 0.0221. The largest absolute Gasteiger partial charge is 0.325 e. The van der Waals surface area contributed by atoms with Crippen LogP contribution in [0.2, 0.25) is 0 Å². The van der Waals surface area contributed by atoms with Crippen molar-refractivity contribution in [3.63, 3.8) is 0 Å². The van der Waals surface area contributed by atoms with Gasteiger partial charge in [-0.05, 0) is 42.1 Å². The summed E-state index contributed by atoms with van der Waals surface area (Å²) in [4.78, 5) is 15.8. The monoisotopic (exact) mass is 341 g/mol. The summed E-state index contributed by atoms with van der Waals surface area (Å²) in [6.07, 6.45) is 0.886. The number of fused-ring (bicyclic) bond motifs is 1. The van der Waals surface area contributed by atoms with Crippen LogP contribution in [0.4, 0.5) is 4.39 Å². The lowest BCUT2D eigenvalue weighted by Crippen LogP contribution is -2.29. The van der Waals surface area contributed by atoms with Crippen molar-refractivity contribution in [2.75, 3.05) is 6.54 Å². The predicted molar refractivity (Wildman–Crippen MR) is 91.5 cm³/mol. The van der Waals surface area contributed by atoms with Crippen LogP contribution in [0, 0.1) is 5.82 Å². The smallest absolute Gasteiger partial charge is 0.273 e. The first-order chi connectivity index (χ1) is 11.7. The zero-order valence-electron chi connectivity index (χ0n) is 13.1. The molecule has 0 bridgehead atoms. The molecule has 0 unspecified atom stereocenters. The number of amides is 1. The number of H-pyrrole nitrogens is 1. The molecule has 0 spiro atoms. The Balaban J connectivity index is 1.87. The fourth-order valence-corrected chi connectivity index (χ4v) is 4.08. The summed E-state index contributed by atoms with van der Waals surface area (Å²) < 4.78 is 13.2. The molecule has 0 saturated heterocycles. The van der Waals surface area contributed by atoms with Crippen LogP contribution in [0.15, 0.2) is 41.8 Å². The molecule has 4 nitrogen and oxygen atoms in total. The fraction of sp³-hybridized carbons (Fsp3) is 0.222. The van der Waals surface area contributed by atoms with Gasteiger partial charge in [-0.1, -0.05) is 13.0 Å². The number of hydrogen-bond donors (Lipinski definition) is 1. The number of halogens is 1. The Bertz CT molecular complexity index is 870. The normalized spacial score (nSPS) is 16.7. The summed E-state index contributed by atoms with van der Waals surface area (Å²) in [5.74, 6) is -0.310. The van der Waals surface area contributed by atoms with Crippen LogP contribution in [0.3, 0.4) is 0 Å². The quantitative estimate of drug-likeness (QED) is 0.772. The minimum atomic E-state index is -0.288. The molecule has 0 aliphatic carbocycles. The Morgan fingerprint density at radius 1 is 1.29 bits per heavy atom. The molecular weight excluding hydrogens is 325 g/mol. The van der Waals surface area contributed by atoms with E-state index in [2.05, 4.69) is 17.1 Å². The molecule has 1 amide bonds. The average molecular weight is 341 g/mol. The molecule has 6 heteroatoms. The van der Waals surface area contributed by atoms with Gasteiger partial charge in [0, 0.05) is 22.5 Å². The summed E-state index contributed by atoms with van der Waals surface area (Å²) >= 11 is 1.63. The van der Waals surface area contributed by atoms with Crippen molar-refractivity contribution in [3.8, 4) is 11.3 Å². The van der Waals surface area contributed by atoms with Crippen LogP contribution in [-0.4, -0.2) is 27.5 Å². The van der Waals surface area contributed by atoms with Gasteiger partial charge in [0.25, 0.3) is 5.91 Å². The summed E-state index contributed by atoms with van der Waals surface area (Å²) in [6, 6.07) is 10.1. The number of rotatable bonds is 4. The molecule has 24 heavy (non-hydrogen) atoms. The Kier molecular flexibility index (Phi) is 3.69. The van der Waals surface area contributed by atoms with Gasteiger partial charge in [0.15, 0.2) is 0 Å². The van der Waals surface area contributed by atoms with E-state index in [4.69, 9.17) is 0 Å². The summed E-state index contributed by atoms with van der Waals surface area (Å²) in [5, 5.41) is 9.27. The predicted octanol–water partition coefficient (Wildman–Crippen LogP) is 4.23. The van der Waals surface area contributed by atoms with E-state index in [0.29, 0.717) is 12.2 Å². The second-order valence-corrected chi connectivity index (χ2v) is 6.76. The molecule has 0 radical (unpaired) electrons. The summed E-state index contributed by atoms with van der Waals surface area (Å²) in [7, 11) is 0. The standard InChI is InChI=1S/C18H16FN3OS/c1-2-9-22-17(13-4-3-10-24-13)14-15(20-21-16(14)18(22)23)11-5-7-12(19)8-6-11/h3-8,10,17H,2,9H2,1H3,(H,20,21)/t17-/m0/s1. The van der Waals surface area contributed by atoms with Crippen LogP contribution >= 0.6 is 11.3 Å². The third-order valence-corrected chi connectivity index (χ3v) is 5.18. The zero-order valence-corrected chi connectivity index (χ0v) is 13.9. The third-order valence-electron chi connectivity index (χ3n) is 4.26. The van der Waals surface area contributed by atoms with Crippen molar-refractivity contribution in [1.82, 2.24) is 15.1 Å². The number of hydrogen-bond acceptors (Lipinski definition) is 3. The van der Waals surface area contributed by atoms with E-state index in [1.807, 2.05) is 22.4 Å². The van der Waals surface area contributed by atoms with Gasteiger partial charge in [-0.3, -0.25) is 9.89 Å². The number of benzene rings is 1. The van der Waals surface area contributed by atoms with Crippen molar-refractivity contribution in [1.29, 1.82) is 0 Å². The first-order valence-electron chi connectivity index (χ1n) is 7.89. The van der Waals surface area contributed by atoms with Gasteiger partial charge in [0.2, 0.25) is 0 Å². The van der Waals surface area contributed by atoms with E-state index in [9.17, 15) is 9.18 Å². The Labute approximate surface area is 142 Å². The molecular formula is C18H16FN3OS. The van der Waals surface area contributed by atoms with E-state index < -0.39 is 0 Å². The maximum Gasteiger partial charge on any atom is 0.273 e. The number of nitrogens with zero attached hydrogens (tertiary/aromatic N) is 2. The summed E-state index contributed by atoms with van der Waals surface area (Å²) in [6.45, 7) is 2.75. The van der Waals surface area contributed by atoms with Crippen molar-refractivity contribution in [2.45, 2.75) is 19.4 Å². The number of aromatic nitrogens is 2. The highest BCUT2D eigenvalue weighted by Crippen LogP contribution is 2.43. The zero-order chi connectivity index (χ0) is 16.7. The molecule has 1 aliphatic heterocycles. The van der Waals surface area contributed by atoms with Gasteiger partial charge in [0.1, 0.15) is 11.5 Å². The van der Waals surface area contributed by atoms with Crippen LogP contribution < -0.4 is 0 Å². The first-order valence-corrected chi connectivity index (χ1v) is 8.77. The van der Waals surface area contributed by atoms with Crippen molar-refractivity contribution in [3.05, 3.63) is 63.7 Å². The van der Waals surface area contributed by atoms with E-state index in [1.165, 1.54) is 12.1 Å². The van der Waals surface area contributed by atoms with Gasteiger partial charge in [-0.15, -0.1) is 11.3 Å². The molecule has 0 saturated carbocycles. The van der Waals surface area contributed by atoms with E-state index in [-0.39, 0.29) is 17.8 Å². The lowest BCUT2D eigenvalue weighted by Gasteiger charge is -2.24. The molecule has 1 N–H and O–H groups in total. The Morgan fingerprint density at radius 3 is 2.75 bits per heavy atom. The van der Waals surface area contributed by atoms with Gasteiger partial charge in [-0.25, -0.2) is 4.39 Å². The number of carbonyl (C=O) groups excluding carboxylic acids is 1. The Morgan fingerprint density at radius 2 is 2.08 bits per heavy atom. The molecule has 3 aromatic rings. The molecule has 4 rings (SSSR count). The molecule has 3 heterocycles. The van der Waals surface area contributed by atoms with Crippen molar-refractivity contribution < 1.29 is 9.18 Å². The third kappa shape index (κ3) is 2.26. The van der Waals surface area contributed by atoms with Crippen molar-refractivity contribution in [2.24, 2.45) is 0 Å². The van der Waals surface area contributed by atoms with E-state index in [1.54, 1.807) is 23.5 Å². The second kappa shape index (κ2) is 5.87. The highest BCUT2D eigenvalue weighted by molar-refractivity contribution is 7.10. The highest BCUT2D eigenvalue weighted by atomic mass is 32.1. The molecule has 0 fully saturated rings. The van der Waals surface area contributed by atoms with Gasteiger partial charge in [0.05, 0.1) is 11.7 Å². The number of carbonyl (C=O) groups is 1. The molecule has 2 aromatic heterocycles. The van der Waals surface area contributed by atoms with Crippen LogP contribution in [0.25, 0.3) is 11.3 Å². The SMILES string of the molecule is CCCN1C(=O)c2[nH]nc(-c3ccc(F)cc3)c2[C@@H]1c1cccs1. The number of nitrogens with one attached hydrogen (secondary N) is 1. The average Bonchev–Trinajstić information content (AvgIpc) is 3.29. The van der Waals surface area contributed by atoms with Crippen LogP contribution in [-0.2, 0) is 0 Å². The van der Waals surface area contributed by atoms with Gasteiger partial charge >= 0.3 is 0 Å². The highest BCUT2D eigenvalue weighted by Gasteiger charge is 2.42. The molecule has 122 valence electrons. The van der Waals surface area contributed by atoms with Crippen LogP contribution in [0.1, 0.15) is 40.3 Å². The topological polar surface area (TPSA) is 49.0 Å². The Hall–Kier alpha value is -2.47. The molecule has 1 aliphatic rings. The van der Waals surface area contributed by atoms with Crippen LogP contribution in [0.5, 0.6) is 0 Å². The van der Waals surface area contributed by atoms with Gasteiger partial charge < -0.3 is 4.90 Å². The lowest BCUT2D eigenvalue weighted by molar-refractivity contribution is 0.0746. The first kappa shape index (κ1) is 15.1. The molecule has 1 aromatic carbocycles. The lowest BCUT2D eigenvalue weighted by atomic mass is 10.0. The second-order valence-electron chi connectivity index (χ2n) is 5.78. The number of thiophene rings is 1. The van der Waals surface area contributed by atoms with Gasteiger partial charge in [-0.2, -0.15) is 5.10 Å². The van der Waals surface area contributed by atoms with E-state index in [0.717, 1.165) is 28.1 Å². The maximum absolute atomic E-state index is 13.2. The molecule has 1 atom stereocenters. The summed E-state index contributed by atoms with van der Waals surface area (Å²) in [5.41, 5.74) is 2.96. The number of aromatic amines is 1. The fourth-order valence-electron chi connectivity index (χ4n) is 3.24. The van der Waals surface area contributed by atoms with Crippen molar-refractivity contribution >= 4 is 17.2 Å². The van der Waals surface area contributed by atoms with E-state index >= 15 is 0 Å². The maximum atomic E-state index is 13.2.